The quantitative estimate of drug-likeness (QED) is 0.588. The third kappa shape index (κ3) is 5.57. The van der Waals surface area contributed by atoms with E-state index in [1.807, 2.05) is 12.2 Å². The van der Waals surface area contributed by atoms with Crippen LogP contribution in [0.4, 0.5) is 8.78 Å². The standard InChI is InChI=1S/C23H27F2N3O2/c1-30-8-7-28-23(13-22(26)16-3-2-6-27-14-16)18-9-17(10-19(29)11-18)15-4-5-20(24)21(25)12-15/h3-5,10,12-14,17,28-29H,2,6-9,11,26H2,1H3/b22-13-,23-18+. The Bertz CT molecular complexity index is 932. The predicted octanol–water partition coefficient (Wildman–Crippen LogP) is 4.02. The van der Waals surface area contributed by atoms with E-state index < -0.39 is 11.6 Å². The van der Waals surface area contributed by atoms with Crippen molar-refractivity contribution in [3.63, 3.8) is 0 Å². The molecule has 160 valence electrons. The van der Waals surface area contributed by atoms with Crippen LogP contribution < -0.4 is 11.1 Å². The van der Waals surface area contributed by atoms with Gasteiger partial charge in [-0.2, -0.15) is 0 Å². The Morgan fingerprint density at radius 2 is 2.20 bits per heavy atom. The number of halogens is 2. The summed E-state index contributed by atoms with van der Waals surface area (Å²) in [5, 5.41) is 13.7. The molecule has 3 rings (SSSR count). The van der Waals surface area contributed by atoms with Crippen molar-refractivity contribution in [3.8, 4) is 0 Å². The molecule has 1 aliphatic heterocycles. The lowest BCUT2D eigenvalue weighted by Crippen LogP contribution is -2.22. The van der Waals surface area contributed by atoms with Crippen molar-refractivity contribution < 1.29 is 18.6 Å². The number of aliphatic imine (C=N–C) groups is 1. The first-order chi connectivity index (χ1) is 14.5. The van der Waals surface area contributed by atoms with Crippen molar-refractivity contribution in [2.75, 3.05) is 26.8 Å². The second-order valence-corrected chi connectivity index (χ2v) is 7.34. The Labute approximate surface area is 175 Å². The van der Waals surface area contributed by atoms with Gasteiger partial charge in [0.15, 0.2) is 11.6 Å². The summed E-state index contributed by atoms with van der Waals surface area (Å²) in [5.74, 6) is -1.88. The number of nitrogens with two attached hydrogens (primary N) is 1. The summed E-state index contributed by atoms with van der Waals surface area (Å²) in [6.07, 6.45) is 9.06. The summed E-state index contributed by atoms with van der Waals surface area (Å²) in [6.45, 7) is 1.82. The Kier molecular flexibility index (Phi) is 7.41. The Balaban J connectivity index is 1.93. The van der Waals surface area contributed by atoms with Crippen LogP contribution in [0.1, 0.15) is 30.7 Å². The topological polar surface area (TPSA) is 79.9 Å². The highest BCUT2D eigenvalue weighted by Gasteiger charge is 2.22. The molecule has 0 aromatic heterocycles. The number of dihydropyridines is 1. The maximum absolute atomic E-state index is 13.7. The van der Waals surface area contributed by atoms with E-state index in [0.29, 0.717) is 37.3 Å². The first-order valence-electron chi connectivity index (χ1n) is 9.95. The summed E-state index contributed by atoms with van der Waals surface area (Å²) >= 11 is 0. The van der Waals surface area contributed by atoms with Gasteiger partial charge in [-0.05, 0) is 48.3 Å². The SMILES string of the molecule is COCCNC(/C=C(\N)C1=CCCN=C1)=C1/CC(O)=CC(c2ccc(F)c(F)c2)C1. The molecule has 0 spiro atoms. The molecule has 0 bridgehead atoms. The summed E-state index contributed by atoms with van der Waals surface area (Å²) < 4.78 is 32.2. The molecule has 0 saturated heterocycles. The minimum Gasteiger partial charge on any atom is -0.512 e. The fraction of sp³-hybridized carbons (Fsp3) is 0.348. The highest BCUT2D eigenvalue weighted by Crippen LogP contribution is 2.35. The van der Waals surface area contributed by atoms with E-state index in [2.05, 4.69) is 10.3 Å². The van der Waals surface area contributed by atoms with E-state index in [0.717, 1.165) is 35.9 Å². The van der Waals surface area contributed by atoms with E-state index in [-0.39, 0.29) is 11.7 Å². The molecular weight excluding hydrogens is 388 g/mol. The average Bonchev–Trinajstić information content (AvgIpc) is 2.75. The molecule has 0 radical (unpaired) electrons. The minimum absolute atomic E-state index is 0.183. The van der Waals surface area contributed by atoms with Crippen LogP contribution in [0, 0.1) is 11.6 Å². The molecule has 1 heterocycles. The van der Waals surface area contributed by atoms with E-state index in [1.54, 1.807) is 25.5 Å². The van der Waals surface area contributed by atoms with Gasteiger partial charge in [0.1, 0.15) is 0 Å². The van der Waals surface area contributed by atoms with Crippen molar-refractivity contribution in [2.45, 2.75) is 25.2 Å². The third-order valence-electron chi connectivity index (χ3n) is 5.11. The lowest BCUT2D eigenvalue weighted by atomic mass is 9.84. The molecule has 1 aromatic rings. The summed E-state index contributed by atoms with van der Waals surface area (Å²) in [4.78, 5) is 4.27. The molecule has 5 nitrogen and oxygen atoms in total. The molecule has 0 fully saturated rings. The normalized spacial score (nSPS) is 21.2. The molecule has 30 heavy (non-hydrogen) atoms. The number of ether oxygens (including phenoxy) is 1. The summed E-state index contributed by atoms with van der Waals surface area (Å²) in [7, 11) is 1.62. The van der Waals surface area contributed by atoms with Gasteiger partial charge < -0.3 is 20.9 Å². The highest BCUT2D eigenvalue weighted by atomic mass is 19.2. The number of nitrogens with one attached hydrogen (secondary N) is 1. The number of hydrogen-bond donors (Lipinski definition) is 3. The van der Waals surface area contributed by atoms with Crippen LogP contribution in [0.2, 0.25) is 0 Å². The van der Waals surface area contributed by atoms with Gasteiger partial charge in [-0.15, -0.1) is 0 Å². The van der Waals surface area contributed by atoms with E-state index in [4.69, 9.17) is 10.5 Å². The van der Waals surface area contributed by atoms with Crippen molar-refractivity contribution in [3.05, 3.63) is 81.9 Å². The first kappa shape index (κ1) is 21.8. The van der Waals surface area contributed by atoms with Crippen LogP contribution in [-0.2, 0) is 4.74 Å². The largest absolute Gasteiger partial charge is 0.512 e. The fourth-order valence-electron chi connectivity index (χ4n) is 3.58. The first-order valence-corrected chi connectivity index (χ1v) is 9.95. The Hall–Kier alpha value is -2.93. The van der Waals surface area contributed by atoms with Gasteiger partial charge in [0.25, 0.3) is 0 Å². The van der Waals surface area contributed by atoms with E-state index >= 15 is 0 Å². The third-order valence-corrected chi connectivity index (χ3v) is 5.11. The number of benzene rings is 1. The van der Waals surface area contributed by atoms with Crippen molar-refractivity contribution in [2.24, 2.45) is 10.7 Å². The Morgan fingerprint density at radius 3 is 2.90 bits per heavy atom. The predicted molar refractivity (Wildman–Crippen MR) is 114 cm³/mol. The summed E-state index contributed by atoms with van der Waals surface area (Å²) in [5.41, 5.74) is 10.1. The molecule has 1 aromatic carbocycles. The van der Waals surface area contributed by atoms with Crippen LogP contribution in [0.15, 0.2) is 69.7 Å². The van der Waals surface area contributed by atoms with Gasteiger partial charge in [0.05, 0.1) is 12.4 Å². The smallest absolute Gasteiger partial charge is 0.159 e. The van der Waals surface area contributed by atoms with Gasteiger partial charge in [0, 0.05) is 55.7 Å². The molecule has 0 amide bonds. The molecule has 2 aliphatic rings. The second-order valence-electron chi connectivity index (χ2n) is 7.34. The molecule has 1 aliphatic carbocycles. The van der Waals surface area contributed by atoms with Gasteiger partial charge in [-0.1, -0.05) is 12.1 Å². The number of aliphatic hydroxyl groups excluding tert-OH is 1. The van der Waals surface area contributed by atoms with E-state index in [9.17, 15) is 13.9 Å². The van der Waals surface area contributed by atoms with Crippen LogP contribution in [0.25, 0.3) is 0 Å². The van der Waals surface area contributed by atoms with E-state index in [1.165, 1.54) is 6.07 Å². The zero-order chi connectivity index (χ0) is 21.5. The molecule has 1 unspecified atom stereocenters. The lowest BCUT2D eigenvalue weighted by Gasteiger charge is -2.24. The van der Waals surface area contributed by atoms with Crippen LogP contribution in [0.3, 0.4) is 0 Å². The molecule has 1 atom stereocenters. The second kappa shape index (κ2) is 10.2. The van der Waals surface area contributed by atoms with Crippen molar-refractivity contribution in [1.82, 2.24) is 5.32 Å². The zero-order valence-electron chi connectivity index (χ0n) is 17.0. The molecule has 4 N–H and O–H groups in total. The van der Waals surface area contributed by atoms with Gasteiger partial charge >= 0.3 is 0 Å². The van der Waals surface area contributed by atoms with Crippen molar-refractivity contribution >= 4 is 6.21 Å². The number of nitrogens with zero attached hydrogens (tertiary/aromatic N) is 1. The number of methoxy groups -OCH3 is 1. The number of rotatable bonds is 7. The van der Waals surface area contributed by atoms with Gasteiger partial charge in [-0.25, -0.2) is 8.78 Å². The molecular formula is C23H27F2N3O2. The zero-order valence-corrected chi connectivity index (χ0v) is 17.0. The highest BCUT2D eigenvalue weighted by molar-refractivity contribution is 5.85. The minimum atomic E-state index is -0.900. The molecule has 0 saturated carbocycles. The molecule has 7 heteroatoms. The number of aliphatic hydroxyl groups is 1. The maximum atomic E-state index is 13.7. The van der Waals surface area contributed by atoms with Gasteiger partial charge in [-0.3, -0.25) is 4.99 Å². The lowest BCUT2D eigenvalue weighted by molar-refractivity contribution is 0.202. The van der Waals surface area contributed by atoms with Gasteiger partial charge in [0.2, 0.25) is 0 Å². The summed E-state index contributed by atoms with van der Waals surface area (Å²) in [6, 6.07) is 3.83. The van der Waals surface area contributed by atoms with Crippen LogP contribution >= 0.6 is 0 Å². The average molecular weight is 415 g/mol. The fourth-order valence-corrected chi connectivity index (χ4v) is 3.58. The maximum Gasteiger partial charge on any atom is 0.159 e. The van der Waals surface area contributed by atoms with Crippen molar-refractivity contribution in [1.29, 1.82) is 0 Å². The number of allylic oxidation sites excluding steroid dienone is 4. The van der Waals surface area contributed by atoms with Crippen LogP contribution in [-0.4, -0.2) is 38.1 Å². The monoisotopic (exact) mass is 415 g/mol. The van der Waals surface area contributed by atoms with Crippen LogP contribution in [0.5, 0.6) is 0 Å². The Morgan fingerprint density at radius 1 is 1.37 bits per heavy atom. The number of hydrogen-bond acceptors (Lipinski definition) is 5.